The number of likely N-dealkylation sites (tertiary alicyclic amines) is 1. The van der Waals surface area contributed by atoms with E-state index in [4.69, 9.17) is 0 Å². The third-order valence-electron chi connectivity index (χ3n) is 4.55. The first-order valence-corrected chi connectivity index (χ1v) is 9.59. The Hall–Kier alpha value is -1.60. The zero-order chi connectivity index (χ0) is 16.9. The van der Waals surface area contributed by atoms with E-state index in [1.165, 1.54) is 10.4 Å². The van der Waals surface area contributed by atoms with Gasteiger partial charge in [0.2, 0.25) is 5.91 Å². The Morgan fingerprint density at radius 3 is 3.08 bits per heavy atom. The van der Waals surface area contributed by atoms with Crippen molar-refractivity contribution in [2.24, 2.45) is 4.99 Å². The molecule has 0 unspecified atom stereocenters. The third kappa shape index (κ3) is 4.08. The van der Waals surface area contributed by atoms with Gasteiger partial charge in [-0.1, -0.05) is 0 Å². The van der Waals surface area contributed by atoms with Crippen molar-refractivity contribution in [3.63, 3.8) is 0 Å². The lowest BCUT2D eigenvalue weighted by molar-refractivity contribution is -0.131. The van der Waals surface area contributed by atoms with Crippen LogP contribution < -0.4 is 5.32 Å². The van der Waals surface area contributed by atoms with Crippen molar-refractivity contribution in [3.8, 4) is 0 Å². The maximum atomic E-state index is 12.4. The van der Waals surface area contributed by atoms with Crippen LogP contribution in [0.2, 0.25) is 0 Å². The molecule has 132 valence electrons. The molecule has 1 atom stereocenters. The summed E-state index contributed by atoms with van der Waals surface area (Å²) in [5.74, 6) is 0.980. The Morgan fingerprint density at radius 1 is 1.46 bits per heavy atom. The summed E-state index contributed by atoms with van der Waals surface area (Å²) in [5, 5.41) is 15.0. The van der Waals surface area contributed by atoms with E-state index in [0.29, 0.717) is 19.5 Å². The molecule has 1 aromatic rings. The third-order valence-corrected chi connectivity index (χ3v) is 5.57. The molecule has 0 saturated carbocycles. The van der Waals surface area contributed by atoms with Crippen LogP contribution in [0.3, 0.4) is 0 Å². The molecule has 1 amide bonds. The molecule has 0 spiro atoms. The number of amides is 1. The van der Waals surface area contributed by atoms with Crippen LogP contribution in [-0.2, 0) is 17.8 Å². The number of rotatable bonds is 4. The second-order valence-electron chi connectivity index (χ2n) is 6.31. The molecule has 0 aromatic carbocycles. The summed E-state index contributed by atoms with van der Waals surface area (Å²) >= 11 is 1.79. The topological polar surface area (TPSA) is 68.2 Å². The highest BCUT2D eigenvalue weighted by Gasteiger charge is 2.23. The van der Waals surface area contributed by atoms with Gasteiger partial charge in [-0.3, -0.25) is 9.79 Å². The minimum absolute atomic E-state index is 0.174. The number of β-amino-alcohol motifs (C(OH)–C–C–N with tert-alkyl or cyclic N) is 1. The zero-order valence-electron chi connectivity index (χ0n) is 14.2. The molecule has 24 heavy (non-hydrogen) atoms. The van der Waals surface area contributed by atoms with Crippen LogP contribution in [0, 0.1) is 0 Å². The van der Waals surface area contributed by atoms with Crippen LogP contribution in [0.5, 0.6) is 0 Å². The average molecular weight is 350 g/mol. The largest absolute Gasteiger partial charge is 0.391 e. The van der Waals surface area contributed by atoms with E-state index in [1.807, 2.05) is 11.8 Å². The maximum absolute atomic E-state index is 12.4. The summed E-state index contributed by atoms with van der Waals surface area (Å²) in [6.07, 6.45) is 1.91. The number of nitrogens with one attached hydrogen (secondary N) is 1. The second-order valence-corrected chi connectivity index (χ2v) is 7.31. The summed E-state index contributed by atoms with van der Waals surface area (Å²) in [6.45, 7) is 6.28. The molecule has 7 heteroatoms. The summed E-state index contributed by atoms with van der Waals surface area (Å²) < 4.78 is 0. The molecule has 0 bridgehead atoms. The Morgan fingerprint density at radius 2 is 2.33 bits per heavy atom. The predicted octanol–water partition coefficient (Wildman–Crippen LogP) is 1.05. The highest BCUT2D eigenvalue weighted by atomic mass is 32.1. The van der Waals surface area contributed by atoms with Crippen LogP contribution >= 0.6 is 11.3 Å². The normalized spacial score (nSPS) is 21.1. The van der Waals surface area contributed by atoms with Gasteiger partial charge < -0.3 is 20.2 Å². The molecule has 2 N–H and O–H groups in total. The van der Waals surface area contributed by atoms with Gasteiger partial charge in [0, 0.05) is 44.0 Å². The van der Waals surface area contributed by atoms with Gasteiger partial charge in [-0.25, -0.2) is 0 Å². The van der Waals surface area contributed by atoms with Gasteiger partial charge in [-0.05, 0) is 36.8 Å². The number of aliphatic hydroxyl groups is 1. The van der Waals surface area contributed by atoms with Gasteiger partial charge in [0.25, 0.3) is 0 Å². The second kappa shape index (κ2) is 7.98. The number of nitrogens with zero attached hydrogens (tertiary/aromatic N) is 3. The van der Waals surface area contributed by atoms with E-state index in [9.17, 15) is 9.90 Å². The van der Waals surface area contributed by atoms with Crippen LogP contribution in [-0.4, -0.2) is 65.6 Å². The van der Waals surface area contributed by atoms with Gasteiger partial charge in [0.1, 0.15) is 0 Å². The van der Waals surface area contributed by atoms with Crippen molar-refractivity contribution in [1.29, 1.82) is 0 Å². The first kappa shape index (κ1) is 17.2. The van der Waals surface area contributed by atoms with Crippen molar-refractivity contribution in [3.05, 3.63) is 21.9 Å². The minimum Gasteiger partial charge on any atom is -0.391 e. The van der Waals surface area contributed by atoms with Crippen molar-refractivity contribution in [2.45, 2.75) is 38.8 Å². The zero-order valence-corrected chi connectivity index (χ0v) is 15.0. The molecule has 1 aromatic heterocycles. The lowest BCUT2D eigenvalue weighted by Gasteiger charge is -2.27. The Balaban J connectivity index is 1.51. The molecule has 1 fully saturated rings. The van der Waals surface area contributed by atoms with E-state index in [0.717, 1.165) is 45.0 Å². The number of hydrogen-bond acceptors (Lipinski definition) is 4. The molecule has 0 aliphatic carbocycles. The fourth-order valence-electron chi connectivity index (χ4n) is 3.24. The molecule has 3 heterocycles. The predicted molar refractivity (Wildman–Crippen MR) is 96.2 cm³/mol. The number of carbonyl (C=O) groups is 1. The van der Waals surface area contributed by atoms with E-state index in [-0.39, 0.29) is 12.0 Å². The molecular weight excluding hydrogens is 324 g/mol. The molecule has 2 aliphatic rings. The van der Waals surface area contributed by atoms with Gasteiger partial charge in [-0.2, -0.15) is 0 Å². The smallest absolute Gasteiger partial charge is 0.224 e. The standard InChI is InChI=1S/C17H26N4O2S/c1-2-18-17(21-8-4-14(22)12-21)19-7-3-16(23)20-9-5-15-13(11-20)6-10-24-15/h6,10,14,22H,2-5,7-9,11-12H2,1H3,(H,18,19)/t14-/m1/s1. The van der Waals surface area contributed by atoms with E-state index < -0.39 is 0 Å². The molecule has 2 aliphatic heterocycles. The quantitative estimate of drug-likeness (QED) is 0.629. The van der Waals surface area contributed by atoms with Crippen molar-refractivity contribution in [2.75, 3.05) is 32.7 Å². The Bertz CT molecular complexity index is 601. The van der Waals surface area contributed by atoms with Crippen LogP contribution in [0.1, 0.15) is 30.2 Å². The van der Waals surface area contributed by atoms with Crippen LogP contribution in [0.15, 0.2) is 16.4 Å². The molecule has 3 rings (SSSR count). The first-order valence-electron chi connectivity index (χ1n) is 8.71. The number of carbonyl (C=O) groups excluding carboxylic acids is 1. The summed E-state index contributed by atoms with van der Waals surface area (Å²) in [5.41, 5.74) is 1.29. The van der Waals surface area contributed by atoms with E-state index >= 15 is 0 Å². The number of fused-ring (bicyclic) bond motifs is 1. The first-order chi connectivity index (χ1) is 11.7. The molecule has 1 saturated heterocycles. The highest BCUT2D eigenvalue weighted by Crippen LogP contribution is 2.24. The van der Waals surface area contributed by atoms with Gasteiger partial charge in [0.15, 0.2) is 5.96 Å². The van der Waals surface area contributed by atoms with Gasteiger partial charge >= 0.3 is 0 Å². The van der Waals surface area contributed by atoms with Crippen LogP contribution in [0.25, 0.3) is 0 Å². The number of aliphatic hydroxyl groups excluding tert-OH is 1. The molecular formula is C17H26N4O2S. The number of hydrogen-bond donors (Lipinski definition) is 2. The van der Waals surface area contributed by atoms with Gasteiger partial charge in [-0.15, -0.1) is 11.3 Å². The van der Waals surface area contributed by atoms with E-state index in [1.54, 1.807) is 11.3 Å². The number of thiophene rings is 1. The number of guanidine groups is 1. The van der Waals surface area contributed by atoms with Gasteiger partial charge in [0.05, 0.1) is 12.6 Å². The highest BCUT2D eigenvalue weighted by molar-refractivity contribution is 7.10. The Kier molecular flexibility index (Phi) is 5.73. The summed E-state index contributed by atoms with van der Waals surface area (Å²) in [6, 6.07) is 2.12. The summed E-state index contributed by atoms with van der Waals surface area (Å²) in [7, 11) is 0. The van der Waals surface area contributed by atoms with Crippen LogP contribution in [0.4, 0.5) is 0 Å². The van der Waals surface area contributed by atoms with Crippen molar-refractivity contribution >= 4 is 23.2 Å². The molecule has 6 nitrogen and oxygen atoms in total. The van der Waals surface area contributed by atoms with E-state index in [2.05, 4.69) is 26.7 Å². The lowest BCUT2D eigenvalue weighted by Crippen LogP contribution is -2.41. The minimum atomic E-state index is -0.274. The lowest BCUT2D eigenvalue weighted by atomic mass is 10.1. The monoisotopic (exact) mass is 350 g/mol. The Labute approximate surface area is 147 Å². The maximum Gasteiger partial charge on any atom is 0.224 e. The fraction of sp³-hybridized carbons (Fsp3) is 0.647. The summed E-state index contributed by atoms with van der Waals surface area (Å²) in [4.78, 5) is 22.4. The van der Waals surface area contributed by atoms with Crippen molar-refractivity contribution < 1.29 is 9.90 Å². The average Bonchev–Trinajstić information content (AvgIpc) is 3.21. The van der Waals surface area contributed by atoms with Crippen molar-refractivity contribution in [1.82, 2.24) is 15.1 Å². The SMILES string of the molecule is CCNC(=NCCC(=O)N1CCc2sccc2C1)N1CC[C@@H](O)C1. The molecule has 0 radical (unpaired) electrons. The number of aliphatic imine (C=N–C) groups is 1. The fourth-order valence-corrected chi connectivity index (χ4v) is 4.13.